The molecule has 4 heterocycles. The highest BCUT2D eigenvalue weighted by atomic mass is 16.5. The summed E-state index contributed by atoms with van der Waals surface area (Å²) in [5, 5.41) is 9.95. The Kier molecular flexibility index (Phi) is 2.79. The van der Waals surface area contributed by atoms with Crippen LogP contribution in [0.1, 0.15) is 32.3 Å². The van der Waals surface area contributed by atoms with Crippen molar-refractivity contribution in [3.63, 3.8) is 0 Å². The predicted octanol–water partition coefficient (Wildman–Crippen LogP) is 2.55. The van der Waals surface area contributed by atoms with Crippen molar-refractivity contribution in [2.45, 2.75) is 37.9 Å². The van der Waals surface area contributed by atoms with E-state index in [-0.39, 0.29) is 11.8 Å². The summed E-state index contributed by atoms with van der Waals surface area (Å²) in [7, 11) is 0. The van der Waals surface area contributed by atoms with Gasteiger partial charge in [-0.1, -0.05) is 0 Å². The van der Waals surface area contributed by atoms with Crippen molar-refractivity contribution in [2.75, 3.05) is 4.90 Å². The van der Waals surface area contributed by atoms with Crippen LogP contribution in [-0.2, 0) is 14.3 Å². The van der Waals surface area contributed by atoms with Crippen LogP contribution in [0.3, 0.4) is 0 Å². The lowest BCUT2D eigenvalue weighted by molar-refractivity contribution is -0.129. The Bertz CT molecular complexity index is 1010. The number of nitriles is 1. The van der Waals surface area contributed by atoms with E-state index in [1.807, 2.05) is 13.8 Å². The number of fused-ring (bicyclic) bond motifs is 6. The lowest BCUT2D eigenvalue weighted by atomic mass is 9.69. The first-order chi connectivity index (χ1) is 12.4. The van der Waals surface area contributed by atoms with Crippen LogP contribution in [0, 0.1) is 23.2 Å². The van der Waals surface area contributed by atoms with Crippen LogP contribution < -0.4 is 4.90 Å². The fraction of sp³-hybridized carbons (Fsp3) is 0.400. The van der Waals surface area contributed by atoms with Crippen LogP contribution in [0.5, 0.6) is 0 Å². The molecule has 0 radical (unpaired) electrons. The first kappa shape index (κ1) is 15.5. The third-order valence-electron chi connectivity index (χ3n) is 6.31. The molecule has 0 saturated carbocycles. The predicted molar refractivity (Wildman–Crippen MR) is 93.1 cm³/mol. The Morgan fingerprint density at radius 2 is 1.81 bits per heavy atom. The number of carbonyl (C=O) groups is 2. The van der Waals surface area contributed by atoms with E-state index in [0.717, 1.165) is 12.8 Å². The summed E-state index contributed by atoms with van der Waals surface area (Å²) in [4.78, 5) is 32.1. The highest BCUT2D eigenvalue weighted by Gasteiger charge is 2.72. The lowest BCUT2D eigenvalue weighted by Crippen LogP contribution is -2.40. The van der Waals surface area contributed by atoms with E-state index in [0.29, 0.717) is 22.2 Å². The van der Waals surface area contributed by atoms with E-state index in [9.17, 15) is 14.9 Å². The number of pyridine rings is 1. The smallest absolute Gasteiger partial charge is 0.240 e. The summed E-state index contributed by atoms with van der Waals surface area (Å²) in [5.41, 5.74) is 0.263. The maximum Gasteiger partial charge on any atom is 0.240 e. The number of imide groups is 1. The number of hydrogen-bond donors (Lipinski definition) is 0. The van der Waals surface area contributed by atoms with E-state index in [2.05, 4.69) is 11.1 Å². The second-order valence-corrected chi connectivity index (χ2v) is 7.84. The van der Waals surface area contributed by atoms with Gasteiger partial charge in [0.15, 0.2) is 0 Å². The molecule has 0 spiro atoms. The number of anilines is 1. The SMILES string of the molecule is C[C@@]12CC[C@](C)(O1)[C@@H]1C(=O)N(c3ccc(C#N)c4ncccc34)C(=O)C12. The number of ether oxygens (including phenoxy) is 1. The molecule has 1 aromatic carbocycles. The maximum atomic E-state index is 13.3. The zero-order chi connectivity index (χ0) is 18.3. The number of amides is 2. The van der Waals surface area contributed by atoms with Crippen LogP contribution in [-0.4, -0.2) is 28.0 Å². The molecule has 3 aliphatic heterocycles. The van der Waals surface area contributed by atoms with Crippen LogP contribution in [0.4, 0.5) is 5.69 Å². The standard InChI is InChI=1S/C20H17N3O3/c1-19-7-8-20(2,26-19)15-14(19)17(24)23(18(15)25)13-6-5-11(10-21)16-12(13)4-3-9-22-16/h3-6,9,14-15H,7-8H2,1-2H3/t14-,15?,19-,20-/m0/s1. The monoisotopic (exact) mass is 347 g/mol. The average molecular weight is 347 g/mol. The van der Waals surface area contributed by atoms with E-state index < -0.39 is 23.0 Å². The molecule has 4 atom stereocenters. The van der Waals surface area contributed by atoms with Gasteiger partial charge in [-0.15, -0.1) is 0 Å². The number of hydrogen-bond acceptors (Lipinski definition) is 5. The zero-order valence-electron chi connectivity index (χ0n) is 14.5. The number of benzene rings is 1. The van der Waals surface area contributed by atoms with Crippen molar-refractivity contribution in [1.82, 2.24) is 4.98 Å². The van der Waals surface area contributed by atoms with Crippen LogP contribution in [0.15, 0.2) is 30.5 Å². The van der Waals surface area contributed by atoms with E-state index >= 15 is 0 Å². The van der Waals surface area contributed by atoms with Gasteiger partial charge in [0.25, 0.3) is 0 Å². The quantitative estimate of drug-likeness (QED) is 0.740. The number of nitrogens with zero attached hydrogens (tertiary/aromatic N) is 3. The van der Waals surface area contributed by atoms with Crippen molar-refractivity contribution in [3.05, 3.63) is 36.0 Å². The maximum absolute atomic E-state index is 13.3. The third-order valence-corrected chi connectivity index (χ3v) is 6.31. The Balaban J connectivity index is 1.70. The minimum atomic E-state index is -0.582. The summed E-state index contributed by atoms with van der Waals surface area (Å²) >= 11 is 0. The van der Waals surface area contributed by atoms with Crippen molar-refractivity contribution < 1.29 is 14.3 Å². The first-order valence-electron chi connectivity index (χ1n) is 8.75. The molecule has 26 heavy (non-hydrogen) atoms. The van der Waals surface area contributed by atoms with Crippen molar-refractivity contribution in [1.29, 1.82) is 5.26 Å². The first-order valence-corrected chi connectivity index (χ1v) is 8.75. The average Bonchev–Trinajstić information content (AvgIpc) is 3.18. The molecule has 0 N–H and O–H groups in total. The summed E-state index contributed by atoms with van der Waals surface area (Å²) in [6, 6.07) is 8.95. The molecule has 2 bridgehead atoms. The van der Waals surface area contributed by atoms with Gasteiger partial charge >= 0.3 is 0 Å². The molecule has 3 saturated heterocycles. The Morgan fingerprint density at radius 3 is 2.42 bits per heavy atom. The van der Waals surface area contributed by atoms with Gasteiger partial charge in [0.2, 0.25) is 11.8 Å². The molecule has 2 amide bonds. The van der Waals surface area contributed by atoms with Crippen molar-refractivity contribution in [2.24, 2.45) is 11.8 Å². The second-order valence-electron chi connectivity index (χ2n) is 7.84. The molecule has 1 unspecified atom stereocenters. The molecule has 6 heteroatoms. The summed E-state index contributed by atoms with van der Waals surface area (Å²) in [5.74, 6) is -1.31. The normalized spacial score (nSPS) is 35.2. The van der Waals surface area contributed by atoms with Gasteiger partial charge in [-0.2, -0.15) is 5.26 Å². The van der Waals surface area contributed by atoms with Gasteiger partial charge in [-0.25, -0.2) is 4.90 Å². The van der Waals surface area contributed by atoms with Crippen LogP contribution in [0.2, 0.25) is 0 Å². The molecule has 3 aliphatic rings. The molecule has 130 valence electrons. The molecule has 5 rings (SSSR count). The van der Waals surface area contributed by atoms with Crippen molar-refractivity contribution in [3.8, 4) is 6.07 Å². The third kappa shape index (κ3) is 1.66. The lowest BCUT2D eigenvalue weighted by Gasteiger charge is -2.27. The van der Waals surface area contributed by atoms with Crippen molar-refractivity contribution >= 4 is 28.4 Å². The highest BCUT2D eigenvalue weighted by Crippen LogP contribution is 2.61. The minimum Gasteiger partial charge on any atom is -0.367 e. The van der Waals surface area contributed by atoms with Gasteiger partial charge in [0.1, 0.15) is 6.07 Å². The Hall–Kier alpha value is -2.78. The molecule has 2 aromatic rings. The molecule has 0 aliphatic carbocycles. The molecule has 6 nitrogen and oxygen atoms in total. The van der Waals surface area contributed by atoms with Gasteiger partial charge in [-0.3, -0.25) is 14.6 Å². The second kappa shape index (κ2) is 4.68. The van der Waals surface area contributed by atoms with Gasteiger partial charge < -0.3 is 4.74 Å². The molecular formula is C20H17N3O3. The fourth-order valence-corrected chi connectivity index (χ4v) is 5.15. The van der Waals surface area contributed by atoms with Crippen LogP contribution in [0.25, 0.3) is 10.9 Å². The Labute approximate surface area is 150 Å². The zero-order valence-corrected chi connectivity index (χ0v) is 14.5. The molecule has 3 fully saturated rings. The van der Waals surface area contributed by atoms with E-state index in [4.69, 9.17) is 4.74 Å². The topological polar surface area (TPSA) is 83.3 Å². The summed E-state index contributed by atoms with van der Waals surface area (Å²) < 4.78 is 6.14. The van der Waals surface area contributed by atoms with E-state index in [1.165, 1.54) is 4.90 Å². The highest BCUT2D eigenvalue weighted by molar-refractivity contribution is 6.26. The summed E-state index contributed by atoms with van der Waals surface area (Å²) in [6.45, 7) is 3.88. The van der Waals surface area contributed by atoms with Gasteiger partial charge in [0.05, 0.1) is 39.8 Å². The molecular weight excluding hydrogens is 330 g/mol. The van der Waals surface area contributed by atoms with Crippen LogP contribution >= 0.6 is 0 Å². The number of aromatic nitrogens is 1. The number of carbonyl (C=O) groups excluding carboxylic acids is 2. The largest absolute Gasteiger partial charge is 0.367 e. The Morgan fingerprint density at radius 1 is 1.15 bits per heavy atom. The number of rotatable bonds is 1. The molecule has 1 aromatic heterocycles. The van der Waals surface area contributed by atoms with E-state index in [1.54, 1.807) is 30.5 Å². The summed E-state index contributed by atoms with van der Waals surface area (Å²) in [6.07, 6.45) is 3.17. The van der Waals surface area contributed by atoms with Gasteiger partial charge in [0, 0.05) is 11.6 Å². The minimum absolute atomic E-state index is 0.208. The van der Waals surface area contributed by atoms with Gasteiger partial charge in [-0.05, 0) is 51.0 Å². The fourth-order valence-electron chi connectivity index (χ4n) is 5.15.